The fourth-order valence-corrected chi connectivity index (χ4v) is 2.82. The number of carbonyl (C=O) groups is 3. The van der Waals surface area contributed by atoms with Crippen LogP contribution >= 0.6 is 0 Å². The Kier molecular flexibility index (Phi) is 5.84. The Labute approximate surface area is 163 Å². The van der Waals surface area contributed by atoms with Crippen molar-refractivity contribution in [1.29, 1.82) is 0 Å². The summed E-state index contributed by atoms with van der Waals surface area (Å²) in [5.41, 5.74) is 2.64. The summed E-state index contributed by atoms with van der Waals surface area (Å²) >= 11 is 0. The van der Waals surface area contributed by atoms with Gasteiger partial charge in [0, 0.05) is 25.6 Å². The molecule has 7 nitrogen and oxygen atoms in total. The van der Waals surface area contributed by atoms with Crippen LogP contribution in [0.1, 0.15) is 18.4 Å². The number of benzene rings is 2. The standard InChI is InChI=1S/C21H22N4O3/c1-15-8-10-16(11-9-15)22-19(26)14-24(2)21(28)18-12-13-20(27)25(23-18)17-6-4-3-5-7-17/h3-11H,12-14H2,1-2H3,(H,22,26). The van der Waals surface area contributed by atoms with Crippen LogP contribution in [0.25, 0.3) is 0 Å². The predicted octanol–water partition coefficient (Wildman–Crippen LogP) is 2.57. The maximum absolute atomic E-state index is 12.7. The molecule has 1 aliphatic rings. The smallest absolute Gasteiger partial charge is 0.270 e. The van der Waals surface area contributed by atoms with Crippen LogP contribution in [-0.2, 0) is 14.4 Å². The van der Waals surface area contributed by atoms with Crippen LogP contribution in [0.2, 0.25) is 0 Å². The highest BCUT2D eigenvalue weighted by atomic mass is 16.2. The van der Waals surface area contributed by atoms with Gasteiger partial charge in [0.1, 0.15) is 5.71 Å². The molecule has 0 saturated carbocycles. The van der Waals surface area contributed by atoms with Crippen LogP contribution in [-0.4, -0.2) is 41.9 Å². The zero-order valence-electron chi connectivity index (χ0n) is 15.9. The van der Waals surface area contributed by atoms with E-state index in [1.54, 1.807) is 31.3 Å². The van der Waals surface area contributed by atoms with Gasteiger partial charge in [-0.1, -0.05) is 35.9 Å². The number of anilines is 2. The fourth-order valence-electron chi connectivity index (χ4n) is 2.82. The average molecular weight is 378 g/mol. The lowest BCUT2D eigenvalue weighted by atomic mass is 10.1. The SMILES string of the molecule is Cc1ccc(NC(=O)CN(C)C(=O)C2=NN(c3ccccc3)C(=O)CC2)cc1. The topological polar surface area (TPSA) is 82.1 Å². The minimum Gasteiger partial charge on any atom is -0.331 e. The normalized spacial score (nSPS) is 13.7. The van der Waals surface area contributed by atoms with Crippen molar-refractivity contribution in [2.24, 2.45) is 5.10 Å². The van der Waals surface area contributed by atoms with Crippen molar-refractivity contribution in [3.63, 3.8) is 0 Å². The highest BCUT2D eigenvalue weighted by molar-refractivity contribution is 6.40. The minimum atomic E-state index is -0.368. The first-order chi connectivity index (χ1) is 13.4. The second kappa shape index (κ2) is 8.47. The molecule has 3 amide bonds. The van der Waals surface area contributed by atoms with Gasteiger partial charge in [-0.3, -0.25) is 14.4 Å². The molecule has 0 aliphatic carbocycles. The number of rotatable bonds is 5. The third-order valence-corrected chi connectivity index (χ3v) is 4.34. The first-order valence-electron chi connectivity index (χ1n) is 9.01. The van der Waals surface area contributed by atoms with Gasteiger partial charge >= 0.3 is 0 Å². The summed E-state index contributed by atoms with van der Waals surface area (Å²) in [4.78, 5) is 38.4. The summed E-state index contributed by atoms with van der Waals surface area (Å²) in [7, 11) is 1.54. The van der Waals surface area contributed by atoms with Gasteiger partial charge in [0.05, 0.1) is 12.2 Å². The summed E-state index contributed by atoms with van der Waals surface area (Å²) in [6.07, 6.45) is 0.452. The first kappa shape index (κ1) is 19.3. The monoisotopic (exact) mass is 378 g/mol. The predicted molar refractivity (Wildman–Crippen MR) is 108 cm³/mol. The number of aryl methyl sites for hydroxylation is 1. The number of likely N-dealkylation sites (N-methyl/N-ethyl adjacent to an activating group) is 1. The van der Waals surface area contributed by atoms with Crippen LogP contribution in [0.3, 0.4) is 0 Å². The van der Waals surface area contributed by atoms with E-state index in [-0.39, 0.29) is 42.8 Å². The molecule has 0 unspecified atom stereocenters. The Hall–Kier alpha value is -3.48. The van der Waals surface area contributed by atoms with Crippen LogP contribution in [0.4, 0.5) is 11.4 Å². The number of amides is 3. The van der Waals surface area contributed by atoms with Gasteiger partial charge in [0.25, 0.3) is 5.91 Å². The van der Waals surface area contributed by atoms with Crippen LogP contribution in [0.15, 0.2) is 59.7 Å². The molecule has 0 aromatic heterocycles. The zero-order valence-corrected chi connectivity index (χ0v) is 15.9. The van der Waals surface area contributed by atoms with E-state index >= 15 is 0 Å². The third-order valence-electron chi connectivity index (χ3n) is 4.34. The van der Waals surface area contributed by atoms with E-state index in [1.807, 2.05) is 37.3 Å². The molecule has 0 radical (unpaired) electrons. The molecule has 0 saturated heterocycles. The summed E-state index contributed by atoms with van der Waals surface area (Å²) in [5, 5.41) is 8.24. The molecule has 7 heteroatoms. The molecule has 0 bridgehead atoms. The zero-order chi connectivity index (χ0) is 20.1. The second-order valence-electron chi connectivity index (χ2n) is 6.66. The Balaban J connectivity index is 1.65. The van der Waals surface area contributed by atoms with E-state index in [0.29, 0.717) is 11.4 Å². The van der Waals surface area contributed by atoms with Crippen molar-refractivity contribution in [1.82, 2.24) is 4.90 Å². The van der Waals surface area contributed by atoms with Crippen molar-refractivity contribution in [3.05, 3.63) is 60.2 Å². The molecule has 1 heterocycles. The number of hydrogen-bond acceptors (Lipinski definition) is 4. The van der Waals surface area contributed by atoms with E-state index < -0.39 is 0 Å². The lowest BCUT2D eigenvalue weighted by molar-refractivity contribution is -0.128. The maximum atomic E-state index is 12.7. The fraction of sp³-hybridized carbons (Fsp3) is 0.238. The van der Waals surface area contributed by atoms with E-state index in [2.05, 4.69) is 10.4 Å². The van der Waals surface area contributed by atoms with Crippen molar-refractivity contribution in [2.45, 2.75) is 19.8 Å². The lowest BCUT2D eigenvalue weighted by Crippen LogP contribution is -2.42. The largest absolute Gasteiger partial charge is 0.331 e. The van der Waals surface area contributed by atoms with Gasteiger partial charge in [0.2, 0.25) is 11.8 Å². The minimum absolute atomic E-state index is 0.106. The summed E-state index contributed by atoms with van der Waals surface area (Å²) in [6, 6.07) is 16.4. The van der Waals surface area contributed by atoms with Crippen molar-refractivity contribution in [2.75, 3.05) is 23.9 Å². The molecule has 3 rings (SSSR count). The van der Waals surface area contributed by atoms with Gasteiger partial charge in [-0.2, -0.15) is 5.10 Å². The first-order valence-corrected chi connectivity index (χ1v) is 9.01. The highest BCUT2D eigenvalue weighted by Crippen LogP contribution is 2.20. The molecule has 0 fully saturated rings. The second-order valence-corrected chi connectivity index (χ2v) is 6.66. The quantitative estimate of drug-likeness (QED) is 0.868. The van der Waals surface area contributed by atoms with Gasteiger partial charge in [-0.15, -0.1) is 0 Å². The molecule has 1 aliphatic heterocycles. The number of hydrogen-bond donors (Lipinski definition) is 1. The van der Waals surface area contributed by atoms with Gasteiger partial charge in [-0.25, -0.2) is 5.01 Å². The molecular formula is C21H22N4O3. The molecule has 0 spiro atoms. The number of nitrogens with one attached hydrogen (secondary N) is 1. The van der Waals surface area contributed by atoms with Gasteiger partial charge in [0.15, 0.2) is 0 Å². The summed E-state index contributed by atoms with van der Waals surface area (Å²) in [6.45, 7) is 1.86. The summed E-state index contributed by atoms with van der Waals surface area (Å²) in [5.74, 6) is -0.831. The Morgan fingerprint density at radius 1 is 1.07 bits per heavy atom. The molecule has 28 heavy (non-hydrogen) atoms. The Bertz CT molecular complexity index is 907. The average Bonchev–Trinajstić information content (AvgIpc) is 2.70. The van der Waals surface area contributed by atoms with Gasteiger partial charge < -0.3 is 10.2 Å². The molecular weight excluding hydrogens is 356 g/mol. The van der Waals surface area contributed by atoms with E-state index in [0.717, 1.165) is 5.56 Å². The van der Waals surface area contributed by atoms with Crippen LogP contribution in [0, 0.1) is 6.92 Å². The van der Waals surface area contributed by atoms with Gasteiger partial charge in [-0.05, 0) is 31.2 Å². The summed E-state index contributed by atoms with van der Waals surface area (Å²) < 4.78 is 0. The van der Waals surface area contributed by atoms with Crippen molar-refractivity contribution >= 4 is 34.8 Å². The Morgan fingerprint density at radius 3 is 2.43 bits per heavy atom. The molecule has 0 atom stereocenters. The maximum Gasteiger partial charge on any atom is 0.270 e. The molecule has 144 valence electrons. The van der Waals surface area contributed by atoms with E-state index in [4.69, 9.17) is 0 Å². The lowest BCUT2D eigenvalue weighted by Gasteiger charge is -2.25. The third kappa shape index (κ3) is 4.62. The number of hydrazone groups is 1. The number of nitrogens with zero attached hydrogens (tertiary/aromatic N) is 3. The molecule has 1 N–H and O–H groups in total. The highest BCUT2D eigenvalue weighted by Gasteiger charge is 2.27. The van der Waals surface area contributed by atoms with E-state index in [1.165, 1.54) is 9.91 Å². The van der Waals surface area contributed by atoms with Crippen molar-refractivity contribution < 1.29 is 14.4 Å². The van der Waals surface area contributed by atoms with Crippen LogP contribution < -0.4 is 10.3 Å². The van der Waals surface area contributed by atoms with E-state index in [9.17, 15) is 14.4 Å². The molecule has 2 aromatic carbocycles. The number of para-hydroxylation sites is 1. The molecule has 2 aromatic rings. The number of carbonyl (C=O) groups excluding carboxylic acids is 3. The Morgan fingerprint density at radius 2 is 1.75 bits per heavy atom. The van der Waals surface area contributed by atoms with Crippen LogP contribution in [0.5, 0.6) is 0 Å². The van der Waals surface area contributed by atoms with Crippen molar-refractivity contribution in [3.8, 4) is 0 Å².